The number of thioether (sulfide) groups is 1. The van der Waals surface area contributed by atoms with Crippen LogP contribution in [0.3, 0.4) is 0 Å². The third kappa shape index (κ3) is 2.60. The molecule has 1 atom stereocenters. The molecule has 0 amide bonds. The molecule has 0 aliphatic rings. The molecular formula is C16H15N3S. The summed E-state index contributed by atoms with van der Waals surface area (Å²) in [6, 6.07) is 20.5. The van der Waals surface area contributed by atoms with E-state index in [0.717, 1.165) is 11.3 Å². The number of nitrogens with zero attached hydrogens (tertiary/aromatic N) is 3. The number of benzene rings is 2. The summed E-state index contributed by atoms with van der Waals surface area (Å²) in [6.07, 6.45) is 4.09. The molecule has 0 saturated carbocycles. The first-order chi connectivity index (χ1) is 9.88. The van der Waals surface area contributed by atoms with Gasteiger partial charge in [-0.25, -0.2) is 4.68 Å². The average molecular weight is 281 g/mol. The molecule has 100 valence electrons. The van der Waals surface area contributed by atoms with E-state index in [4.69, 9.17) is 0 Å². The fourth-order valence-corrected chi connectivity index (χ4v) is 2.90. The number of aromatic nitrogens is 3. The maximum absolute atomic E-state index is 4.29. The molecule has 3 nitrogen and oxygen atoms in total. The largest absolute Gasteiger partial charge is 0.234 e. The molecule has 1 aromatic heterocycles. The van der Waals surface area contributed by atoms with E-state index in [1.165, 1.54) is 5.56 Å². The Kier molecular flexibility index (Phi) is 3.83. The Morgan fingerprint density at radius 1 is 0.950 bits per heavy atom. The van der Waals surface area contributed by atoms with Crippen molar-refractivity contribution < 1.29 is 0 Å². The minimum absolute atomic E-state index is 0.154. The van der Waals surface area contributed by atoms with Gasteiger partial charge in [0.1, 0.15) is 11.1 Å². The molecule has 0 aliphatic carbocycles. The van der Waals surface area contributed by atoms with Crippen LogP contribution in [0.5, 0.6) is 0 Å². The van der Waals surface area contributed by atoms with Crippen LogP contribution < -0.4 is 0 Å². The Bertz CT molecular complexity index is 664. The van der Waals surface area contributed by atoms with Crippen LogP contribution in [0.2, 0.25) is 0 Å². The van der Waals surface area contributed by atoms with Crippen molar-refractivity contribution in [3.05, 3.63) is 72.4 Å². The van der Waals surface area contributed by atoms with E-state index in [-0.39, 0.29) is 5.37 Å². The van der Waals surface area contributed by atoms with Crippen molar-refractivity contribution in [2.24, 2.45) is 0 Å². The molecule has 0 radical (unpaired) electrons. The summed E-state index contributed by atoms with van der Waals surface area (Å²) in [5.74, 6) is 0. The highest BCUT2D eigenvalue weighted by molar-refractivity contribution is 7.98. The Balaban J connectivity index is 1.93. The fraction of sp³-hybridized carbons (Fsp3) is 0.125. The maximum atomic E-state index is 4.29. The van der Waals surface area contributed by atoms with Gasteiger partial charge >= 0.3 is 0 Å². The summed E-state index contributed by atoms with van der Waals surface area (Å²) in [7, 11) is 0. The van der Waals surface area contributed by atoms with Crippen LogP contribution in [-0.2, 0) is 0 Å². The molecule has 3 rings (SSSR count). The summed E-state index contributed by atoms with van der Waals surface area (Å²) in [6.45, 7) is 0. The lowest BCUT2D eigenvalue weighted by Crippen LogP contribution is -2.07. The Morgan fingerprint density at radius 3 is 2.25 bits per heavy atom. The molecule has 1 unspecified atom stereocenters. The lowest BCUT2D eigenvalue weighted by molar-refractivity contribution is 0.637. The second kappa shape index (κ2) is 5.92. The van der Waals surface area contributed by atoms with Gasteiger partial charge in [0, 0.05) is 5.56 Å². The molecule has 0 spiro atoms. The highest BCUT2D eigenvalue weighted by Crippen LogP contribution is 2.28. The van der Waals surface area contributed by atoms with Gasteiger partial charge in [0.15, 0.2) is 0 Å². The third-order valence-corrected chi connectivity index (χ3v) is 4.06. The van der Waals surface area contributed by atoms with E-state index in [2.05, 4.69) is 28.7 Å². The van der Waals surface area contributed by atoms with Crippen molar-refractivity contribution in [3.8, 4) is 11.3 Å². The Hall–Kier alpha value is -2.07. The maximum Gasteiger partial charge on any atom is 0.124 e. The van der Waals surface area contributed by atoms with E-state index in [0.29, 0.717) is 0 Å². The second-order valence-corrected chi connectivity index (χ2v) is 5.37. The predicted molar refractivity (Wildman–Crippen MR) is 83.6 cm³/mol. The summed E-state index contributed by atoms with van der Waals surface area (Å²) in [5.41, 5.74) is 3.22. The Morgan fingerprint density at radius 2 is 1.60 bits per heavy atom. The van der Waals surface area contributed by atoms with Crippen molar-refractivity contribution in [3.63, 3.8) is 0 Å². The van der Waals surface area contributed by atoms with Crippen molar-refractivity contribution in [2.45, 2.75) is 5.37 Å². The van der Waals surface area contributed by atoms with Crippen molar-refractivity contribution in [1.29, 1.82) is 0 Å². The van der Waals surface area contributed by atoms with Crippen LogP contribution in [0, 0.1) is 0 Å². The molecule has 2 aromatic carbocycles. The standard InChI is InChI=1S/C16H15N3S/c1-20-16(14-10-6-3-7-11-14)19-12-15(17-18-19)13-8-4-2-5-9-13/h2-12,16H,1H3. The zero-order valence-corrected chi connectivity index (χ0v) is 12.0. The fourth-order valence-electron chi connectivity index (χ4n) is 2.15. The van der Waals surface area contributed by atoms with Gasteiger partial charge in [0.25, 0.3) is 0 Å². The number of rotatable bonds is 4. The zero-order chi connectivity index (χ0) is 13.8. The van der Waals surface area contributed by atoms with Gasteiger partial charge in [0.2, 0.25) is 0 Å². The van der Waals surface area contributed by atoms with Crippen LogP contribution in [-0.4, -0.2) is 21.2 Å². The van der Waals surface area contributed by atoms with E-state index < -0.39 is 0 Å². The number of hydrogen-bond donors (Lipinski definition) is 0. The SMILES string of the molecule is CSC(c1ccccc1)n1cc(-c2ccccc2)nn1. The van der Waals surface area contributed by atoms with Gasteiger partial charge in [0.05, 0.1) is 6.20 Å². The van der Waals surface area contributed by atoms with Crippen LogP contribution >= 0.6 is 11.8 Å². The molecule has 0 fully saturated rings. The van der Waals surface area contributed by atoms with Gasteiger partial charge in [-0.3, -0.25) is 0 Å². The molecule has 0 bridgehead atoms. The smallest absolute Gasteiger partial charge is 0.124 e. The molecule has 4 heteroatoms. The number of hydrogen-bond acceptors (Lipinski definition) is 3. The third-order valence-electron chi connectivity index (χ3n) is 3.13. The lowest BCUT2D eigenvalue weighted by atomic mass is 10.2. The van der Waals surface area contributed by atoms with Gasteiger partial charge in [-0.1, -0.05) is 65.9 Å². The highest BCUT2D eigenvalue weighted by atomic mass is 32.2. The topological polar surface area (TPSA) is 30.7 Å². The van der Waals surface area contributed by atoms with Crippen LogP contribution in [0.25, 0.3) is 11.3 Å². The second-order valence-electron chi connectivity index (χ2n) is 4.45. The van der Waals surface area contributed by atoms with Crippen LogP contribution in [0.15, 0.2) is 66.9 Å². The van der Waals surface area contributed by atoms with Gasteiger partial charge in [-0.05, 0) is 11.8 Å². The quantitative estimate of drug-likeness (QED) is 0.727. The molecule has 20 heavy (non-hydrogen) atoms. The summed E-state index contributed by atoms with van der Waals surface area (Å²) in [4.78, 5) is 0. The van der Waals surface area contributed by atoms with Crippen molar-refractivity contribution in [1.82, 2.24) is 15.0 Å². The molecular weight excluding hydrogens is 266 g/mol. The zero-order valence-electron chi connectivity index (χ0n) is 11.2. The van der Waals surface area contributed by atoms with Gasteiger partial charge in [-0.2, -0.15) is 0 Å². The minimum Gasteiger partial charge on any atom is -0.234 e. The van der Waals surface area contributed by atoms with E-state index in [1.807, 2.05) is 59.4 Å². The Labute approximate surface area is 122 Å². The van der Waals surface area contributed by atoms with Gasteiger partial charge < -0.3 is 0 Å². The normalized spacial score (nSPS) is 12.2. The predicted octanol–water partition coefficient (Wildman–Crippen LogP) is 3.86. The molecule has 1 heterocycles. The highest BCUT2D eigenvalue weighted by Gasteiger charge is 2.14. The molecule has 3 aromatic rings. The first-order valence-corrected chi connectivity index (χ1v) is 7.72. The summed E-state index contributed by atoms with van der Waals surface area (Å²) < 4.78 is 1.92. The average Bonchev–Trinajstić information content (AvgIpc) is 3.00. The molecule has 0 N–H and O–H groups in total. The summed E-state index contributed by atoms with van der Waals surface area (Å²) in [5, 5.41) is 8.72. The summed E-state index contributed by atoms with van der Waals surface area (Å²) >= 11 is 1.75. The molecule has 0 aliphatic heterocycles. The first kappa shape index (κ1) is 12.9. The van der Waals surface area contributed by atoms with Crippen molar-refractivity contribution >= 4 is 11.8 Å². The van der Waals surface area contributed by atoms with Crippen LogP contribution in [0.4, 0.5) is 0 Å². The molecule has 0 saturated heterocycles. The van der Waals surface area contributed by atoms with E-state index in [1.54, 1.807) is 11.8 Å². The first-order valence-electron chi connectivity index (χ1n) is 6.43. The van der Waals surface area contributed by atoms with Crippen LogP contribution in [0.1, 0.15) is 10.9 Å². The monoisotopic (exact) mass is 281 g/mol. The van der Waals surface area contributed by atoms with Crippen molar-refractivity contribution in [2.75, 3.05) is 6.26 Å². The van der Waals surface area contributed by atoms with E-state index in [9.17, 15) is 0 Å². The lowest BCUT2D eigenvalue weighted by Gasteiger charge is -2.14. The minimum atomic E-state index is 0.154. The van der Waals surface area contributed by atoms with Gasteiger partial charge in [-0.15, -0.1) is 16.9 Å². The van der Waals surface area contributed by atoms with E-state index >= 15 is 0 Å².